The number of benzene rings is 1. The van der Waals surface area contributed by atoms with E-state index in [1.54, 1.807) is 0 Å². The number of aliphatic imine (C=N–C) groups is 1. The average Bonchev–Trinajstić information content (AvgIpc) is 2.25. The predicted molar refractivity (Wildman–Crippen MR) is 66.2 cm³/mol. The number of aromatic hydroxyl groups is 2. The van der Waals surface area contributed by atoms with Gasteiger partial charge in [0.15, 0.2) is 17.5 Å². The number of amides is 2. The number of nitrogens with one attached hydrogen (secondary N) is 1. The van der Waals surface area contributed by atoms with Crippen molar-refractivity contribution < 1.29 is 19.7 Å². The first-order chi connectivity index (χ1) is 8.36. The Morgan fingerprint density at radius 3 is 2.61 bits per heavy atom. The van der Waals surface area contributed by atoms with Crippen molar-refractivity contribution in [2.75, 3.05) is 12.4 Å². The fourth-order valence-electron chi connectivity index (χ4n) is 1.17. The van der Waals surface area contributed by atoms with Gasteiger partial charge in [-0.2, -0.15) is 4.99 Å². The Morgan fingerprint density at radius 1 is 1.50 bits per heavy atom. The van der Waals surface area contributed by atoms with Gasteiger partial charge < -0.3 is 31.7 Å². The zero-order valence-corrected chi connectivity index (χ0v) is 10.0. The van der Waals surface area contributed by atoms with Gasteiger partial charge in [-0.3, -0.25) is 0 Å². The van der Waals surface area contributed by atoms with Gasteiger partial charge in [-0.15, -0.1) is 0 Å². The number of guanidine groups is 1. The Hall–Kier alpha value is -2.35. The fraction of sp³-hybridized carbons (Fsp3) is 0.111. The maximum atomic E-state index is 11.3. The van der Waals surface area contributed by atoms with E-state index in [4.69, 9.17) is 27.8 Å². The van der Waals surface area contributed by atoms with E-state index in [0.717, 1.165) is 6.07 Å². The van der Waals surface area contributed by atoms with Gasteiger partial charge in [0.1, 0.15) is 5.69 Å². The lowest BCUT2D eigenvalue weighted by molar-refractivity contribution is 0.259. The van der Waals surface area contributed by atoms with E-state index >= 15 is 0 Å². The second-order valence-electron chi connectivity index (χ2n) is 3.10. The summed E-state index contributed by atoms with van der Waals surface area (Å²) in [5, 5.41) is 21.0. The van der Waals surface area contributed by atoms with Crippen LogP contribution in [0, 0.1) is 0 Å². The normalized spacial score (nSPS) is 9.67. The van der Waals surface area contributed by atoms with Gasteiger partial charge in [-0.05, 0) is 0 Å². The van der Waals surface area contributed by atoms with Gasteiger partial charge in [-0.25, -0.2) is 4.79 Å². The molecular weight excluding hydrogens is 264 g/mol. The second kappa shape index (κ2) is 5.32. The molecule has 0 aromatic heterocycles. The molecular formula is C9H11ClN4O4. The van der Waals surface area contributed by atoms with Gasteiger partial charge >= 0.3 is 6.03 Å². The number of carbonyl (C=O) groups excluding carboxylic acids is 1. The average molecular weight is 275 g/mol. The van der Waals surface area contributed by atoms with Crippen molar-refractivity contribution in [2.45, 2.75) is 0 Å². The van der Waals surface area contributed by atoms with Crippen molar-refractivity contribution >= 4 is 29.3 Å². The van der Waals surface area contributed by atoms with Crippen molar-refractivity contribution in [3.8, 4) is 17.2 Å². The standard InChI is InChI=1S/C9H11ClN4O4/c1-18-7-5(13-9(17)14-8(11)12)3(10)2-4(15)6(7)16/h2,15-16H,1H3,(H5,11,12,13,14,17). The molecule has 98 valence electrons. The fourth-order valence-corrected chi connectivity index (χ4v) is 1.41. The molecule has 1 aromatic rings. The molecule has 0 fully saturated rings. The van der Waals surface area contributed by atoms with E-state index in [0.29, 0.717) is 0 Å². The molecule has 0 bridgehead atoms. The lowest BCUT2D eigenvalue weighted by atomic mass is 10.2. The number of hydrogen-bond acceptors (Lipinski definition) is 4. The minimum Gasteiger partial charge on any atom is -0.504 e. The topological polar surface area (TPSA) is 143 Å². The van der Waals surface area contributed by atoms with Crippen LogP contribution in [-0.4, -0.2) is 29.3 Å². The van der Waals surface area contributed by atoms with Crippen LogP contribution in [0.4, 0.5) is 10.5 Å². The van der Waals surface area contributed by atoms with Crippen LogP contribution in [-0.2, 0) is 0 Å². The van der Waals surface area contributed by atoms with E-state index in [9.17, 15) is 15.0 Å². The number of nitrogens with zero attached hydrogens (tertiary/aromatic N) is 1. The molecule has 0 saturated carbocycles. The lowest BCUT2D eigenvalue weighted by Crippen LogP contribution is -2.25. The molecule has 0 aliphatic rings. The Labute approximate surface area is 107 Å². The number of phenols is 2. The molecule has 0 aliphatic heterocycles. The van der Waals surface area contributed by atoms with Crippen molar-refractivity contribution in [1.29, 1.82) is 0 Å². The first kappa shape index (κ1) is 13.7. The Bertz CT molecular complexity index is 514. The highest BCUT2D eigenvalue weighted by atomic mass is 35.5. The van der Waals surface area contributed by atoms with Crippen LogP contribution < -0.4 is 21.5 Å². The third-order valence-electron chi connectivity index (χ3n) is 1.85. The van der Waals surface area contributed by atoms with Crippen LogP contribution >= 0.6 is 11.6 Å². The molecule has 1 aromatic carbocycles. The summed E-state index contributed by atoms with van der Waals surface area (Å²) in [6, 6.07) is 0.130. The summed E-state index contributed by atoms with van der Waals surface area (Å²) < 4.78 is 4.82. The SMILES string of the molecule is COc1c(O)c(O)cc(Cl)c1NC(=O)N=C(N)N. The Morgan fingerprint density at radius 2 is 2.11 bits per heavy atom. The Balaban J connectivity index is 3.20. The summed E-state index contributed by atoms with van der Waals surface area (Å²) in [7, 11) is 1.22. The van der Waals surface area contributed by atoms with Gasteiger partial charge in [-0.1, -0.05) is 11.6 Å². The number of anilines is 1. The first-order valence-corrected chi connectivity index (χ1v) is 4.93. The number of rotatable bonds is 2. The van der Waals surface area contributed by atoms with E-state index in [1.807, 2.05) is 0 Å². The molecule has 2 amide bonds. The number of carbonyl (C=O) groups is 1. The predicted octanol–water partition coefficient (Wildman–Crippen LogP) is 0.565. The summed E-state index contributed by atoms with van der Waals surface area (Å²) in [6.07, 6.45) is 0. The van der Waals surface area contributed by atoms with Crippen LogP contribution in [0.5, 0.6) is 17.2 Å². The van der Waals surface area contributed by atoms with Crippen LogP contribution in [0.3, 0.4) is 0 Å². The monoisotopic (exact) mass is 274 g/mol. The van der Waals surface area contributed by atoms with Crippen molar-refractivity contribution in [3.05, 3.63) is 11.1 Å². The molecule has 7 N–H and O–H groups in total. The zero-order chi connectivity index (χ0) is 13.9. The molecule has 0 unspecified atom stereocenters. The number of urea groups is 1. The number of phenolic OH excluding ortho intramolecular Hbond substituents is 2. The quantitative estimate of drug-likeness (QED) is 0.231. The zero-order valence-electron chi connectivity index (χ0n) is 9.27. The maximum Gasteiger partial charge on any atom is 0.348 e. The van der Waals surface area contributed by atoms with E-state index in [1.165, 1.54) is 7.11 Å². The maximum absolute atomic E-state index is 11.3. The lowest BCUT2D eigenvalue weighted by Gasteiger charge is -2.13. The molecule has 8 nitrogen and oxygen atoms in total. The molecule has 0 saturated heterocycles. The molecule has 9 heteroatoms. The third-order valence-corrected chi connectivity index (χ3v) is 2.15. The van der Waals surface area contributed by atoms with Gasteiger partial charge in [0, 0.05) is 6.07 Å². The summed E-state index contributed by atoms with van der Waals surface area (Å²) in [4.78, 5) is 14.5. The smallest absolute Gasteiger partial charge is 0.348 e. The molecule has 0 radical (unpaired) electrons. The number of halogens is 1. The molecule has 0 atom stereocenters. The minimum absolute atomic E-state index is 0.0544. The number of ether oxygens (including phenoxy) is 1. The number of methoxy groups -OCH3 is 1. The van der Waals surface area contributed by atoms with E-state index in [-0.39, 0.29) is 16.5 Å². The van der Waals surface area contributed by atoms with Gasteiger partial charge in [0.2, 0.25) is 5.75 Å². The Kier molecular flexibility index (Phi) is 4.05. The largest absolute Gasteiger partial charge is 0.504 e. The third kappa shape index (κ3) is 2.86. The summed E-state index contributed by atoms with van der Waals surface area (Å²) >= 11 is 5.79. The van der Waals surface area contributed by atoms with E-state index < -0.39 is 23.5 Å². The summed E-state index contributed by atoms with van der Waals surface area (Å²) in [5.74, 6) is -1.71. The molecule has 0 spiro atoms. The highest BCUT2D eigenvalue weighted by Gasteiger charge is 2.19. The van der Waals surface area contributed by atoms with Crippen LogP contribution in [0.1, 0.15) is 0 Å². The van der Waals surface area contributed by atoms with Gasteiger partial charge in [0.05, 0.1) is 12.1 Å². The minimum atomic E-state index is -0.903. The van der Waals surface area contributed by atoms with Crippen molar-refractivity contribution in [3.63, 3.8) is 0 Å². The summed E-state index contributed by atoms with van der Waals surface area (Å²) in [5.41, 5.74) is 9.98. The van der Waals surface area contributed by atoms with Crippen molar-refractivity contribution in [1.82, 2.24) is 0 Å². The first-order valence-electron chi connectivity index (χ1n) is 4.55. The molecule has 1 rings (SSSR count). The second-order valence-corrected chi connectivity index (χ2v) is 3.51. The van der Waals surface area contributed by atoms with Crippen LogP contribution in [0.25, 0.3) is 0 Å². The van der Waals surface area contributed by atoms with Crippen LogP contribution in [0.15, 0.2) is 11.1 Å². The number of nitrogens with two attached hydrogens (primary N) is 2. The highest BCUT2D eigenvalue weighted by molar-refractivity contribution is 6.34. The van der Waals surface area contributed by atoms with Gasteiger partial charge in [0.25, 0.3) is 0 Å². The van der Waals surface area contributed by atoms with E-state index in [2.05, 4.69) is 10.3 Å². The molecule has 18 heavy (non-hydrogen) atoms. The number of hydrogen-bond donors (Lipinski definition) is 5. The van der Waals surface area contributed by atoms with Crippen molar-refractivity contribution in [2.24, 2.45) is 16.5 Å². The summed E-state index contributed by atoms with van der Waals surface area (Å²) in [6.45, 7) is 0. The molecule has 0 aliphatic carbocycles. The molecule has 0 heterocycles. The van der Waals surface area contributed by atoms with Crippen LogP contribution in [0.2, 0.25) is 5.02 Å². The highest BCUT2D eigenvalue weighted by Crippen LogP contribution is 2.45.